The molecule has 3 aromatic carbocycles. The van der Waals surface area contributed by atoms with Crippen LogP contribution in [0.3, 0.4) is 0 Å². The molecule has 2 heteroatoms. The van der Waals surface area contributed by atoms with Gasteiger partial charge in [0.1, 0.15) is 0 Å². The molecule has 1 aliphatic heterocycles. The van der Waals surface area contributed by atoms with Crippen molar-refractivity contribution in [3.05, 3.63) is 102 Å². The molecule has 2 atom stereocenters. The van der Waals surface area contributed by atoms with Crippen LogP contribution in [0.4, 0.5) is 0 Å². The van der Waals surface area contributed by atoms with Gasteiger partial charge in [-0.05, 0) is 72.2 Å². The molecular formula is C32H34NO+. The number of rotatable bonds is 6. The van der Waals surface area contributed by atoms with Crippen LogP contribution in [0.15, 0.2) is 85.5 Å². The maximum atomic E-state index is 9.94. The third kappa shape index (κ3) is 3.86. The van der Waals surface area contributed by atoms with E-state index in [0.717, 1.165) is 12.8 Å². The number of hydrogen-bond acceptors (Lipinski definition) is 1. The molecule has 4 aromatic rings. The van der Waals surface area contributed by atoms with Gasteiger partial charge in [-0.2, -0.15) is 4.57 Å². The zero-order chi connectivity index (χ0) is 23.8. The standard InChI is InChI=1S/C32H34NO/c1-5-30-27(15-16-34)26-13-11-22(4)18-29(26)32-20-25(17-21(2)3)28-19-24(12-14-31(28)33(30)32)23-9-7-6-8-10-23/h5-14,18-21,27,30,34H,1,15-17H2,2-4H3/q+1. The van der Waals surface area contributed by atoms with Crippen LogP contribution in [0, 0.1) is 12.8 Å². The first-order chi connectivity index (χ1) is 16.5. The number of aliphatic hydroxyl groups is 1. The number of aryl methyl sites for hydroxylation is 1. The molecule has 34 heavy (non-hydrogen) atoms. The van der Waals surface area contributed by atoms with Gasteiger partial charge in [0.2, 0.25) is 11.2 Å². The zero-order valence-corrected chi connectivity index (χ0v) is 20.5. The Balaban J connectivity index is 1.84. The highest BCUT2D eigenvalue weighted by atomic mass is 16.3. The van der Waals surface area contributed by atoms with Crippen molar-refractivity contribution in [1.82, 2.24) is 0 Å². The van der Waals surface area contributed by atoms with Gasteiger partial charge in [0.25, 0.3) is 0 Å². The predicted octanol–water partition coefficient (Wildman–Crippen LogP) is 7.17. The van der Waals surface area contributed by atoms with E-state index >= 15 is 0 Å². The average Bonchev–Trinajstić information content (AvgIpc) is 2.84. The summed E-state index contributed by atoms with van der Waals surface area (Å²) in [7, 11) is 0. The summed E-state index contributed by atoms with van der Waals surface area (Å²) in [5, 5.41) is 11.2. The fourth-order valence-corrected chi connectivity index (χ4v) is 5.71. The minimum atomic E-state index is 0.0931. The maximum absolute atomic E-state index is 9.94. The molecule has 172 valence electrons. The van der Waals surface area contributed by atoms with Gasteiger partial charge < -0.3 is 5.11 Å². The van der Waals surface area contributed by atoms with Crippen molar-refractivity contribution in [2.75, 3.05) is 6.61 Å². The van der Waals surface area contributed by atoms with Crippen LogP contribution >= 0.6 is 0 Å². The molecule has 2 unspecified atom stereocenters. The van der Waals surface area contributed by atoms with Crippen LogP contribution in [0.1, 0.15) is 48.9 Å². The quantitative estimate of drug-likeness (QED) is 0.245. The largest absolute Gasteiger partial charge is 0.396 e. The Morgan fingerprint density at radius 3 is 2.47 bits per heavy atom. The molecule has 5 rings (SSSR count). The average molecular weight is 449 g/mol. The van der Waals surface area contributed by atoms with Gasteiger partial charge in [-0.3, -0.25) is 0 Å². The number of nitrogens with zero attached hydrogens (tertiary/aromatic N) is 1. The van der Waals surface area contributed by atoms with Crippen molar-refractivity contribution >= 4 is 10.9 Å². The second-order valence-corrected chi connectivity index (χ2v) is 10.1. The summed E-state index contributed by atoms with van der Waals surface area (Å²) in [6.45, 7) is 11.2. The van der Waals surface area contributed by atoms with Gasteiger partial charge in [-0.15, -0.1) is 0 Å². The van der Waals surface area contributed by atoms with Crippen LogP contribution in [0.5, 0.6) is 0 Å². The van der Waals surface area contributed by atoms with Crippen molar-refractivity contribution in [1.29, 1.82) is 0 Å². The SMILES string of the molecule is C=CC1C(CCO)c2ccc(C)cc2-c2cc(CC(C)C)c3cc(-c4ccccc4)ccc3[n+]21. The molecular weight excluding hydrogens is 414 g/mol. The maximum Gasteiger partial charge on any atom is 0.214 e. The van der Waals surface area contributed by atoms with E-state index < -0.39 is 0 Å². The summed E-state index contributed by atoms with van der Waals surface area (Å²) in [6.07, 6.45) is 3.82. The molecule has 0 spiro atoms. The molecule has 0 saturated heterocycles. The lowest BCUT2D eigenvalue weighted by atomic mass is 9.79. The number of pyridine rings is 1. The van der Waals surface area contributed by atoms with E-state index in [4.69, 9.17) is 0 Å². The van der Waals surface area contributed by atoms with Crippen LogP contribution < -0.4 is 4.57 Å². The normalized spacial score (nSPS) is 17.0. The fraction of sp³-hybridized carbons (Fsp3) is 0.281. The number of benzene rings is 3. The minimum absolute atomic E-state index is 0.0931. The van der Waals surface area contributed by atoms with Gasteiger partial charge in [-0.25, -0.2) is 0 Å². The Morgan fingerprint density at radius 2 is 1.76 bits per heavy atom. The fourth-order valence-electron chi connectivity index (χ4n) is 5.71. The Hall–Kier alpha value is -3.23. The third-order valence-electron chi connectivity index (χ3n) is 7.18. The summed E-state index contributed by atoms with van der Waals surface area (Å²) < 4.78 is 2.48. The van der Waals surface area contributed by atoms with Crippen molar-refractivity contribution in [2.45, 2.75) is 45.6 Å². The van der Waals surface area contributed by atoms with E-state index in [0.29, 0.717) is 5.92 Å². The number of hydrogen-bond donors (Lipinski definition) is 1. The lowest BCUT2D eigenvalue weighted by molar-refractivity contribution is -0.682. The van der Waals surface area contributed by atoms with Gasteiger partial charge in [0, 0.05) is 18.7 Å². The highest BCUT2D eigenvalue weighted by molar-refractivity contribution is 5.87. The Kier molecular flexibility index (Phi) is 6.10. The van der Waals surface area contributed by atoms with E-state index in [-0.39, 0.29) is 18.6 Å². The smallest absolute Gasteiger partial charge is 0.214 e. The second-order valence-electron chi connectivity index (χ2n) is 10.1. The number of aromatic nitrogens is 1. The molecule has 2 nitrogen and oxygen atoms in total. The lowest BCUT2D eigenvalue weighted by Gasteiger charge is -2.30. The van der Waals surface area contributed by atoms with Crippen LogP contribution in [0.2, 0.25) is 0 Å². The van der Waals surface area contributed by atoms with Crippen LogP contribution in [-0.4, -0.2) is 11.7 Å². The molecule has 1 N–H and O–H groups in total. The highest BCUT2D eigenvalue weighted by Crippen LogP contribution is 2.43. The van der Waals surface area contributed by atoms with E-state index in [1.165, 1.54) is 50.0 Å². The number of fused-ring (bicyclic) bond motifs is 5. The molecule has 0 saturated carbocycles. The molecule has 0 fully saturated rings. The van der Waals surface area contributed by atoms with E-state index in [2.05, 4.69) is 111 Å². The Morgan fingerprint density at radius 1 is 0.971 bits per heavy atom. The third-order valence-corrected chi connectivity index (χ3v) is 7.18. The second kappa shape index (κ2) is 9.19. The summed E-state index contributed by atoms with van der Waals surface area (Å²) in [5.74, 6) is 0.757. The summed E-state index contributed by atoms with van der Waals surface area (Å²) >= 11 is 0. The van der Waals surface area contributed by atoms with Crippen LogP contribution in [0.25, 0.3) is 33.3 Å². The Labute approximate surface area is 203 Å². The molecule has 0 bridgehead atoms. The van der Waals surface area contributed by atoms with E-state index in [9.17, 15) is 5.11 Å². The van der Waals surface area contributed by atoms with Crippen LogP contribution in [-0.2, 0) is 6.42 Å². The van der Waals surface area contributed by atoms with E-state index in [1.54, 1.807) is 0 Å². The lowest BCUT2D eigenvalue weighted by Crippen LogP contribution is -2.47. The summed E-state index contributed by atoms with van der Waals surface area (Å²) in [4.78, 5) is 0. The molecule has 0 aliphatic carbocycles. The molecule has 0 radical (unpaired) electrons. The topological polar surface area (TPSA) is 24.1 Å². The highest BCUT2D eigenvalue weighted by Gasteiger charge is 2.40. The summed E-state index contributed by atoms with van der Waals surface area (Å²) in [5.41, 5.74) is 10.2. The number of allylic oxidation sites excluding steroid dienone is 1. The molecule has 2 heterocycles. The first-order valence-corrected chi connectivity index (χ1v) is 12.4. The molecule has 1 aromatic heterocycles. The zero-order valence-electron chi connectivity index (χ0n) is 20.5. The monoisotopic (exact) mass is 448 g/mol. The van der Waals surface area contributed by atoms with Crippen molar-refractivity contribution < 1.29 is 9.67 Å². The van der Waals surface area contributed by atoms with Gasteiger partial charge in [0.05, 0.1) is 16.9 Å². The van der Waals surface area contributed by atoms with Gasteiger partial charge in [-0.1, -0.05) is 68.5 Å². The summed E-state index contributed by atoms with van der Waals surface area (Å²) in [6, 6.07) is 26.8. The minimum Gasteiger partial charge on any atom is -0.396 e. The Bertz CT molecular complexity index is 1350. The van der Waals surface area contributed by atoms with Gasteiger partial charge >= 0.3 is 0 Å². The van der Waals surface area contributed by atoms with Gasteiger partial charge in [0.15, 0.2) is 6.04 Å². The molecule has 1 aliphatic rings. The number of aliphatic hydroxyl groups excluding tert-OH is 1. The van der Waals surface area contributed by atoms with Crippen molar-refractivity contribution in [3.8, 4) is 22.4 Å². The van der Waals surface area contributed by atoms with Crippen molar-refractivity contribution in [3.63, 3.8) is 0 Å². The predicted molar refractivity (Wildman–Crippen MR) is 142 cm³/mol. The first-order valence-electron chi connectivity index (χ1n) is 12.4. The van der Waals surface area contributed by atoms with Crippen molar-refractivity contribution in [2.24, 2.45) is 5.92 Å². The first kappa shape index (κ1) is 22.6. The molecule has 0 amide bonds. The van der Waals surface area contributed by atoms with E-state index in [1.807, 2.05) is 0 Å².